The van der Waals surface area contributed by atoms with Crippen LogP contribution >= 0.6 is 11.3 Å². The molecule has 0 unspecified atom stereocenters. The van der Waals surface area contributed by atoms with E-state index in [4.69, 9.17) is 4.98 Å². The van der Waals surface area contributed by atoms with Crippen LogP contribution in [0.4, 0.5) is 5.13 Å². The zero-order valence-electron chi connectivity index (χ0n) is 17.2. The van der Waals surface area contributed by atoms with Crippen molar-refractivity contribution in [3.8, 4) is 5.00 Å². The van der Waals surface area contributed by atoms with Crippen LogP contribution in [-0.2, 0) is 17.1 Å². The molecular weight excluding hydrogens is 446 g/mol. The Morgan fingerprint density at radius 2 is 1.68 bits per heavy atom. The molecule has 0 atom stereocenters. The molecule has 0 amide bonds. The minimum Gasteiger partial charge on any atom is -0.227 e. The van der Waals surface area contributed by atoms with Crippen LogP contribution in [0.25, 0.3) is 5.00 Å². The molecule has 0 N–H and O–H groups in total. The molecule has 2 heterocycles. The number of aliphatic imine (C=N–C) groups is 1. The van der Waals surface area contributed by atoms with Crippen LogP contribution < -0.4 is 0 Å². The van der Waals surface area contributed by atoms with Crippen molar-refractivity contribution >= 4 is 22.7 Å². The Kier molecular flexibility index (Phi) is 9.00. The summed E-state index contributed by atoms with van der Waals surface area (Å²) < 4.78 is 1.73. The van der Waals surface area contributed by atoms with Gasteiger partial charge in [-0.25, -0.2) is 19.6 Å². The molecule has 10 radical (unpaired) electrons. The Labute approximate surface area is 199 Å². The summed E-state index contributed by atoms with van der Waals surface area (Å²) >= 11 is 1.50. The van der Waals surface area contributed by atoms with Crippen LogP contribution in [0.3, 0.4) is 0 Å². The zero-order chi connectivity index (χ0) is 20.8. The summed E-state index contributed by atoms with van der Waals surface area (Å²) in [7, 11) is 0. The van der Waals surface area contributed by atoms with Gasteiger partial charge < -0.3 is 0 Å². The Hall–Kier alpha value is -1.82. The van der Waals surface area contributed by atoms with Gasteiger partial charge in [-0.15, -0.1) is 0 Å². The Morgan fingerprint density at radius 1 is 0.968 bits per heavy atom. The molecule has 7 heteroatoms. The average molecular weight is 467 g/mol. The van der Waals surface area contributed by atoms with Gasteiger partial charge in [0.1, 0.15) is 17.7 Å². The van der Waals surface area contributed by atoms with Crippen LogP contribution in [0.15, 0.2) is 35.8 Å². The van der Waals surface area contributed by atoms with E-state index in [9.17, 15) is 0 Å². The van der Waals surface area contributed by atoms with Gasteiger partial charge in [0.25, 0.3) is 0 Å². The second-order valence-electron chi connectivity index (χ2n) is 6.74. The van der Waals surface area contributed by atoms with E-state index in [1.54, 1.807) is 11.0 Å². The molecule has 31 heavy (non-hydrogen) atoms. The third kappa shape index (κ3) is 6.34. The van der Waals surface area contributed by atoms with Gasteiger partial charge in [-0.05, 0) is 82.8 Å². The Bertz CT molecular complexity index is 962. The fraction of sp³-hybridized carbons (Fsp3) is 0.0833. The molecular formula is C24H21FeN5S+2. The van der Waals surface area contributed by atoms with Crippen molar-refractivity contribution in [1.29, 1.82) is 0 Å². The number of aromatic nitrogens is 4. The molecule has 3 aromatic rings. The number of hydrogen-bond acceptors (Lipinski definition) is 5. The molecule has 2 aliphatic carbocycles. The number of hydrogen-bond donors (Lipinski definition) is 0. The maximum Gasteiger partial charge on any atom is 2.00 e. The molecule has 0 bridgehead atoms. The van der Waals surface area contributed by atoms with E-state index in [1.807, 2.05) is 64.0 Å². The zero-order valence-corrected chi connectivity index (χ0v) is 19.1. The Balaban J connectivity index is 0.000000401. The predicted octanol–water partition coefficient (Wildman–Crippen LogP) is 4.86. The van der Waals surface area contributed by atoms with Crippen molar-refractivity contribution in [2.75, 3.05) is 0 Å². The van der Waals surface area contributed by atoms with Crippen molar-refractivity contribution in [2.45, 2.75) is 13.8 Å². The van der Waals surface area contributed by atoms with Gasteiger partial charge in [0.05, 0.1) is 5.69 Å². The van der Waals surface area contributed by atoms with Gasteiger partial charge in [0, 0.05) is 12.1 Å². The topological polar surface area (TPSA) is 56.0 Å². The second kappa shape index (κ2) is 11.7. The third-order valence-corrected chi connectivity index (χ3v) is 5.41. The monoisotopic (exact) mass is 467 g/mol. The van der Waals surface area contributed by atoms with E-state index in [1.165, 1.54) is 28.8 Å². The van der Waals surface area contributed by atoms with E-state index in [2.05, 4.69) is 47.1 Å². The van der Waals surface area contributed by atoms with Crippen molar-refractivity contribution in [3.05, 3.63) is 117 Å². The summed E-state index contributed by atoms with van der Waals surface area (Å²) in [6.07, 6.45) is 23.1. The van der Waals surface area contributed by atoms with Crippen LogP contribution in [0, 0.1) is 77.6 Å². The molecule has 2 aliphatic rings. The van der Waals surface area contributed by atoms with Crippen molar-refractivity contribution < 1.29 is 17.1 Å². The molecule has 5 rings (SSSR count). The maximum atomic E-state index is 4.70. The Morgan fingerprint density at radius 3 is 2.29 bits per heavy atom. The summed E-state index contributed by atoms with van der Waals surface area (Å²) in [5.74, 6) is 1.05. The van der Waals surface area contributed by atoms with Gasteiger partial charge in [-0.3, -0.25) is 0 Å². The molecule has 2 saturated carbocycles. The normalized spacial score (nSPS) is 16.3. The first-order valence-electron chi connectivity index (χ1n) is 9.56. The van der Waals surface area contributed by atoms with E-state index in [-0.39, 0.29) is 17.1 Å². The summed E-state index contributed by atoms with van der Waals surface area (Å²) in [4.78, 5) is 13.3. The quantitative estimate of drug-likeness (QED) is 0.407. The summed E-state index contributed by atoms with van der Waals surface area (Å²) in [6.45, 7) is 4.18. The van der Waals surface area contributed by atoms with E-state index in [0.717, 1.165) is 22.2 Å². The number of benzene rings is 1. The largest absolute Gasteiger partial charge is 2.00 e. The first kappa shape index (κ1) is 23.8. The van der Waals surface area contributed by atoms with E-state index >= 15 is 0 Å². The molecule has 154 valence electrons. The SMILES string of the molecule is Cc1ccc(/C=N/c2nc([C]3[CH][CH][CH][CH]3)c(-n3cncn3)s2)c(C)c1.[CH]1[CH][CH][CH][CH]1.[Fe+2]. The first-order valence-corrected chi connectivity index (χ1v) is 10.4. The molecule has 2 fully saturated rings. The van der Waals surface area contributed by atoms with E-state index < -0.39 is 0 Å². The van der Waals surface area contributed by atoms with Crippen molar-refractivity contribution in [2.24, 2.45) is 4.99 Å². The van der Waals surface area contributed by atoms with E-state index in [0.29, 0.717) is 5.13 Å². The summed E-state index contributed by atoms with van der Waals surface area (Å²) in [5.41, 5.74) is 4.41. The van der Waals surface area contributed by atoms with Gasteiger partial charge >= 0.3 is 17.1 Å². The second-order valence-corrected chi connectivity index (χ2v) is 7.70. The number of thiazole rings is 1. The fourth-order valence-corrected chi connectivity index (χ4v) is 3.82. The predicted molar refractivity (Wildman–Crippen MR) is 121 cm³/mol. The number of aryl methyl sites for hydroxylation is 2. The standard InChI is InChI=1S/C19H16N5S.C5H5.Fe/c1-13-7-8-16(14(2)9-13)10-21-19-23-17(15-5-3-4-6-15)18(25-19)24-12-20-11-22-24;1-2-4-5-3-1;/h3-12H,1-2H3;1-5H;/q;;+2/b21-10+;;. The van der Waals surface area contributed by atoms with Crippen LogP contribution in [-0.4, -0.2) is 26.0 Å². The first-order chi connectivity index (χ1) is 14.7. The molecule has 0 saturated heterocycles. The van der Waals surface area contributed by atoms with Gasteiger partial charge in [0.2, 0.25) is 5.13 Å². The van der Waals surface area contributed by atoms with Gasteiger partial charge in [-0.1, -0.05) is 35.1 Å². The van der Waals surface area contributed by atoms with Crippen molar-refractivity contribution in [1.82, 2.24) is 19.7 Å². The average Bonchev–Trinajstić information content (AvgIpc) is 3.56. The third-order valence-electron chi connectivity index (χ3n) is 4.46. The number of nitrogens with zero attached hydrogens (tertiary/aromatic N) is 5. The molecule has 0 aliphatic heterocycles. The van der Waals surface area contributed by atoms with Gasteiger partial charge in [-0.2, -0.15) is 5.10 Å². The summed E-state index contributed by atoms with van der Waals surface area (Å²) in [5, 5.41) is 5.85. The molecule has 5 nitrogen and oxygen atoms in total. The molecule has 1 aromatic carbocycles. The van der Waals surface area contributed by atoms with Crippen LogP contribution in [0.5, 0.6) is 0 Å². The minimum absolute atomic E-state index is 0. The van der Waals surface area contributed by atoms with Crippen molar-refractivity contribution in [3.63, 3.8) is 0 Å². The smallest absolute Gasteiger partial charge is 0.227 e. The maximum absolute atomic E-state index is 4.70. The fourth-order valence-electron chi connectivity index (χ4n) is 2.96. The van der Waals surface area contributed by atoms with Gasteiger partial charge in [0.15, 0.2) is 0 Å². The molecule has 2 aromatic heterocycles. The minimum atomic E-state index is 0. The van der Waals surface area contributed by atoms with Crippen LogP contribution in [0.2, 0.25) is 0 Å². The molecule has 0 spiro atoms. The van der Waals surface area contributed by atoms with Crippen LogP contribution in [0.1, 0.15) is 22.4 Å². The summed E-state index contributed by atoms with van der Waals surface area (Å²) in [6, 6.07) is 6.32. The number of rotatable bonds is 4.